The molecule has 0 aliphatic carbocycles. The first kappa shape index (κ1) is 23.2. The molecule has 150 valence electrons. The Morgan fingerprint density at radius 3 is 2.74 bits per heavy atom. The summed E-state index contributed by atoms with van der Waals surface area (Å²) in [5.41, 5.74) is 0.801. The Balaban J connectivity index is 0.00000364. The highest BCUT2D eigenvalue weighted by atomic mass is 127. The Kier molecular flexibility index (Phi) is 10.8. The van der Waals surface area contributed by atoms with E-state index < -0.39 is 0 Å². The molecule has 27 heavy (non-hydrogen) atoms. The topological polar surface area (TPSA) is 68.0 Å². The first-order valence-corrected chi connectivity index (χ1v) is 8.53. The first-order chi connectivity index (χ1) is 12.6. The van der Waals surface area contributed by atoms with E-state index in [1.807, 2.05) is 25.1 Å². The SMILES string of the molecule is COCCN=C(NCCc1ccco1)NC(C)c1ccc(OC)c(F)c1.I. The number of hydrogen-bond acceptors (Lipinski definition) is 4. The van der Waals surface area contributed by atoms with Crippen LogP contribution in [0.2, 0.25) is 0 Å². The van der Waals surface area contributed by atoms with Crippen molar-refractivity contribution in [2.75, 3.05) is 33.9 Å². The minimum atomic E-state index is -0.387. The third-order valence-corrected chi connectivity index (χ3v) is 3.84. The fourth-order valence-electron chi connectivity index (χ4n) is 2.40. The van der Waals surface area contributed by atoms with Crippen LogP contribution in [-0.4, -0.2) is 39.9 Å². The van der Waals surface area contributed by atoms with Gasteiger partial charge in [0.15, 0.2) is 17.5 Å². The highest BCUT2D eigenvalue weighted by molar-refractivity contribution is 14.0. The number of furan rings is 1. The molecular formula is C19H27FIN3O3. The Morgan fingerprint density at radius 2 is 2.11 bits per heavy atom. The van der Waals surface area contributed by atoms with Crippen LogP contribution in [0.15, 0.2) is 46.0 Å². The lowest BCUT2D eigenvalue weighted by atomic mass is 10.1. The van der Waals surface area contributed by atoms with Crippen LogP contribution in [0.4, 0.5) is 4.39 Å². The Hall–Kier alpha value is -1.81. The molecule has 1 heterocycles. The number of hydrogen-bond donors (Lipinski definition) is 2. The number of nitrogens with zero attached hydrogens (tertiary/aromatic N) is 1. The van der Waals surface area contributed by atoms with Crippen molar-refractivity contribution < 1.29 is 18.3 Å². The quantitative estimate of drug-likeness (QED) is 0.243. The third kappa shape index (κ3) is 7.76. The second-order valence-corrected chi connectivity index (χ2v) is 5.74. The maximum Gasteiger partial charge on any atom is 0.191 e. The van der Waals surface area contributed by atoms with E-state index in [9.17, 15) is 4.39 Å². The molecule has 6 nitrogen and oxygen atoms in total. The normalized spacial score (nSPS) is 12.2. The summed E-state index contributed by atoms with van der Waals surface area (Å²) in [6.45, 7) is 3.66. The van der Waals surface area contributed by atoms with Gasteiger partial charge in [0, 0.05) is 20.1 Å². The minimum absolute atomic E-state index is 0. The van der Waals surface area contributed by atoms with Gasteiger partial charge in [0.2, 0.25) is 0 Å². The number of benzene rings is 1. The van der Waals surface area contributed by atoms with Crippen LogP contribution in [0.3, 0.4) is 0 Å². The van der Waals surface area contributed by atoms with Gasteiger partial charge in [0.1, 0.15) is 5.76 Å². The predicted molar refractivity (Wildman–Crippen MR) is 115 cm³/mol. The maximum absolute atomic E-state index is 13.9. The van der Waals surface area contributed by atoms with Crippen molar-refractivity contribution in [1.29, 1.82) is 0 Å². The molecule has 0 saturated heterocycles. The van der Waals surface area contributed by atoms with Crippen LogP contribution in [0.25, 0.3) is 0 Å². The Morgan fingerprint density at radius 1 is 1.30 bits per heavy atom. The zero-order valence-corrected chi connectivity index (χ0v) is 18.2. The molecule has 1 aromatic heterocycles. The molecule has 0 radical (unpaired) electrons. The molecular weight excluding hydrogens is 464 g/mol. The molecule has 0 saturated carbocycles. The lowest BCUT2D eigenvalue weighted by Crippen LogP contribution is -2.40. The van der Waals surface area contributed by atoms with Gasteiger partial charge < -0.3 is 24.5 Å². The molecule has 1 aromatic carbocycles. The summed E-state index contributed by atoms with van der Waals surface area (Å²) in [5, 5.41) is 6.54. The van der Waals surface area contributed by atoms with Crippen LogP contribution in [0.1, 0.15) is 24.3 Å². The van der Waals surface area contributed by atoms with E-state index in [1.165, 1.54) is 13.2 Å². The van der Waals surface area contributed by atoms with Gasteiger partial charge in [-0.05, 0) is 36.8 Å². The van der Waals surface area contributed by atoms with Crippen LogP contribution in [-0.2, 0) is 11.2 Å². The third-order valence-electron chi connectivity index (χ3n) is 3.84. The van der Waals surface area contributed by atoms with Crippen LogP contribution in [0.5, 0.6) is 5.75 Å². The lowest BCUT2D eigenvalue weighted by Gasteiger charge is -2.19. The summed E-state index contributed by atoms with van der Waals surface area (Å²) in [5.74, 6) is 1.38. The number of methoxy groups -OCH3 is 2. The Bertz CT molecular complexity index is 696. The molecule has 2 aromatic rings. The first-order valence-electron chi connectivity index (χ1n) is 8.53. The van der Waals surface area contributed by atoms with Crippen molar-refractivity contribution in [2.24, 2.45) is 4.99 Å². The van der Waals surface area contributed by atoms with Crippen LogP contribution in [0, 0.1) is 5.82 Å². The van der Waals surface area contributed by atoms with E-state index in [2.05, 4.69) is 15.6 Å². The van der Waals surface area contributed by atoms with E-state index in [1.54, 1.807) is 19.4 Å². The zero-order chi connectivity index (χ0) is 18.8. The second-order valence-electron chi connectivity index (χ2n) is 5.74. The summed E-state index contributed by atoms with van der Waals surface area (Å²) in [6, 6.07) is 8.57. The number of rotatable bonds is 9. The van der Waals surface area contributed by atoms with E-state index in [-0.39, 0.29) is 41.6 Å². The number of nitrogens with one attached hydrogen (secondary N) is 2. The Labute approximate surface area is 176 Å². The highest BCUT2D eigenvalue weighted by Crippen LogP contribution is 2.21. The average molecular weight is 491 g/mol. The van der Waals surface area contributed by atoms with Gasteiger partial charge in [-0.3, -0.25) is 4.99 Å². The second kappa shape index (κ2) is 12.6. The van der Waals surface area contributed by atoms with Crippen molar-refractivity contribution in [3.05, 3.63) is 53.7 Å². The molecule has 2 rings (SSSR count). The average Bonchev–Trinajstić information content (AvgIpc) is 3.15. The van der Waals surface area contributed by atoms with Crippen molar-refractivity contribution in [3.63, 3.8) is 0 Å². The van der Waals surface area contributed by atoms with Crippen molar-refractivity contribution in [1.82, 2.24) is 10.6 Å². The molecule has 0 aliphatic heterocycles. The van der Waals surface area contributed by atoms with Crippen molar-refractivity contribution in [3.8, 4) is 5.75 Å². The van der Waals surface area contributed by atoms with Crippen molar-refractivity contribution in [2.45, 2.75) is 19.4 Å². The zero-order valence-electron chi connectivity index (χ0n) is 15.8. The van der Waals surface area contributed by atoms with Crippen molar-refractivity contribution >= 4 is 29.9 Å². The highest BCUT2D eigenvalue weighted by Gasteiger charge is 2.11. The maximum atomic E-state index is 13.9. The molecule has 1 unspecified atom stereocenters. The van der Waals surface area contributed by atoms with Gasteiger partial charge in [0.05, 0.1) is 32.6 Å². The minimum Gasteiger partial charge on any atom is -0.494 e. The molecule has 1 atom stereocenters. The largest absolute Gasteiger partial charge is 0.494 e. The monoisotopic (exact) mass is 491 g/mol. The van der Waals surface area contributed by atoms with Gasteiger partial charge in [-0.15, -0.1) is 24.0 Å². The summed E-state index contributed by atoms with van der Waals surface area (Å²) in [7, 11) is 3.08. The summed E-state index contributed by atoms with van der Waals surface area (Å²) in [4.78, 5) is 4.47. The number of guanidine groups is 1. The van der Waals surface area contributed by atoms with Gasteiger partial charge in [-0.2, -0.15) is 0 Å². The standard InChI is InChI=1S/C19H26FN3O3.HI/c1-14(15-6-7-18(25-3)17(20)13-15)23-19(22-10-12-24-2)21-9-8-16-5-4-11-26-16;/h4-7,11,13-14H,8-10,12H2,1-3H3,(H2,21,22,23);1H. The van der Waals surface area contributed by atoms with E-state index in [0.29, 0.717) is 25.7 Å². The lowest BCUT2D eigenvalue weighted by molar-refractivity contribution is 0.208. The molecule has 0 fully saturated rings. The molecule has 8 heteroatoms. The fourth-order valence-corrected chi connectivity index (χ4v) is 2.40. The van der Waals surface area contributed by atoms with Gasteiger partial charge in [-0.25, -0.2) is 4.39 Å². The summed E-state index contributed by atoms with van der Waals surface area (Å²) in [6.07, 6.45) is 2.39. The molecule has 0 amide bonds. The summed E-state index contributed by atoms with van der Waals surface area (Å²) >= 11 is 0. The van der Waals surface area contributed by atoms with Gasteiger partial charge in [-0.1, -0.05) is 6.07 Å². The van der Waals surface area contributed by atoms with Crippen LogP contribution >= 0.6 is 24.0 Å². The number of halogens is 2. The molecule has 0 spiro atoms. The summed E-state index contributed by atoms with van der Waals surface area (Å²) < 4.78 is 29.3. The molecule has 2 N–H and O–H groups in total. The molecule has 0 aliphatic rings. The number of ether oxygens (including phenoxy) is 2. The van der Waals surface area contributed by atoms with Gasteiger partial charge in [0.25, 0.3) is 0 Å². The fraction of sp³-hybridized carbons (Fsp3) is 0.421. The van der Waals surface area contributed by atoms with Crippen LogP contribution < -0.4 is 15.4 Å². The van der Waals surface area contributed by atoms with E-state index in [0.717, 1.165) is 17.7 Å². The van der Waals surface area contributed by atoms with E-state index in [4.69, 9.17) is 13.9 Å². The molecule has 0 bridgehead atoms. The smallest absolute Gasteiger partial charge is 0.191 e. The van der Waals surface area contributed by atoms with Gasteiger partial charge >= 0.3 is 0 Å². The predicted octanol–water partition coefficient (Wildman–Crippen LogP) is 3.53. The number of aliphatic imine (C=N–C) groups is 1. The van der Waals surface area contributed by atoms with E-state index >= 15 is 0 Å².